The van der Waals surface area contributed by atoms with Crippen LogP contribution in [0.3, 0.4) is 0 Å². The summed E-state index contributed by atoms with van der Waals surface area (Å²) in [6.07, 6.45) is 3.41. The lowest BCUT2D eigenvalue weighted by Gasteiger charge is -2.35. The number of amides is 1. The quantitative estimate of drug-likeness (QED) is 0.735. The highest BCUT2D eigenvalue weighted by atomic mass is 32.2. The average molecular weight is 214 g/mol. The van der Waals surface area contributed by atoms with E-state index in [2.05, 4.69) is 4.90 Å². The highest BCUT2D eigenvalue weighted by Gasteiger charge is 2.30. The van der Waals surface area contributed by atoms with E-state index in [1.54, 1.807) is 0 Å². The summed E-state index contributed by atoms with van der Waals surface area (Å²) >= 11 is 2.03. The second kappa shape index (κ2) is 4.53. The summed E-state index contributed by atoms with van der Waals surface area (Å²) in [5, 5.41) is 0. The van der Waals surface area contributed by atoms with E-state index in [1.807, 2.05) is 11.8 Å². The third-order valence-corrected chi connectivity index (χ3v) is 4.42. The van der Waals surface area contributed by atoms with Crippen LogP contribution in [0.15, 0.2) is 0 Å². The summed E-state index contributed by atoms with van der Waals surface area (Å²) in [7, 11) is 0. The van der Waals surface area contributed by atoms with Crippen molar-refractivity contribution in [3.63, 3.8) is 0 Å². The first kappa shape index (κ1) is 10.3. The maximum atomic E-state index is 11.1. The van der Waals surface area contributed by atoms with Gasteiger partial charge in [-0.3, -0.25) is 9.69 Å². The summed E-state index contributed by atoms with van der Waals surface area (Å²) in [6.45, 7) is 2.07. The number of carbonyl (C=O) groups excluding carboxylic acids is 1. The molecule has 0 aromatic rings. The maximum absolute atomic E-state index is 11.1. The number of primary amides is 1. The second-order valence-corrected chi connectivity index (χ2v) is 5.40. The molecule has 0 radical (unpaired) electrons. The van der Waals surface area contributed by atoms with Crippen molar-refractivity contribution in [3.05, 3.63) is 0 Å². The van der Waals surface area contributed by atoms with Crippen molar-refractivity contribution in [1.29, 1.82) is 0 Å². The van der Waals surface area contributed by atoms with Gasteiger partial charge in [-0.05, 0) is 31.6 Å². The van der Waals surface area contributed by atoms with Gasteiger partial charge in [0.05, 0.1) is 5.92 Å². The summed E-state index contributed by atoms with van der Waals surface area (Å²) in [6, 6.07) is 0.710. The standard InChI is InChI=1S/C10H18N2OS/c11-10(13)8-2-1-4-12(6-8)9-3-5-14-7-9/h8-9H,1-7H2,(H2,11,13)/t8-,9+/m1/s1. The lowest BCUT2D eigenvalue weighted by atomic mass is 9.96. The Morgan fingerprint density at radius 2 is 2.29 bits per heavy atom. The number of carbonyl (C=O) groups is 1. The number of hydrogen-bond donors (Lipinski definition) is 1. The van der Waals surface area contributed by atoms with Gasteiger partial charge in [-0.15, -0.1) is 0 Å². The maximum Gasteiger partial charge on any atom is 0.221 e. The molecular weight excluding hydrogens is 196 g/mol. The van der Waals surface area contributed by atoms with Gasteiger partial charge in [0.15, 0.2) is 0 Å². The van der Waals surface area contributed by atoms with Crippen molar-refractivity contribution >= 4 is 17.7 Å². The van der Waals surface area contributed by atoms with Crippen LogP contribution in [-0.4, -0.2) is 41.4 Å². The Bertz CT molecular complexity index is 216. The molecule has 0 aromatic heterocycles. The minimum atomic E-state index is -0.111. The van der Waals surface area contributed by atoms with E-state index < -0.39 is 0 Å². The zero-order valence-corrected chi connectivity index (χ0v) is 9.26. The van der Waals surface area contributed by atoms with Gasteiger partial charge in [0.1, 0.15) is 0 Å². The van der Waals surface area contributed by atoms with Crippen LogP contribution < -0.4 is 5.73 Å². The number of thioether (sulfide) groups is 1. The monoisotopic (exact) mass is 214 g/mol. The lowest BCUT2D eigenvalue weighted by Crippen LogP contribution is -2.46. The summed E-state index contributed by atoms with van der Waals surface area (Å²) in [5.74, 6) is 2.52. The first-order chi connectivity index (χ1) is 6.77. The van der Waals surface area contributed by atoms with Gasteiger partial charge in [-0.2, -0.15) is 11.8 Å². The van der Waals surface area contributed by atoms with Gasteiger partial charge in [-0.25, -0.2) is 0 Å². The fourth-order valence-corrected chi connectivity index (χ4v) is 3.64. The molecule has 2 rings (SSSR count). The number of rotatable bonds is 2. The highest BCUT2D eigenvalue weighted by molar-refractivity contribution is 7.99. The predicted octanol–water partition coefficient (Wildman–Crippen LogP) is 0.689. The molecule has 80 valence electrons. The number of piperidine rings is 1. The van der Waals surface area contributed by atoms with Crippen molar-refractivity contribution < 1.29 is 4.79 Å². The molecule has 2 atom stereocenters. The van der Waals surface area contributed by atoms with Gasteiger partial charge in [0, 0.05) is 18.3 Å². The van der Waals surface area contributed by atoms with E-state index in [4.69, 9.17) is 5.73 Å². The molecule has 0 unspecified atom stereocenters. The van der Waals surface area contributed by atoms with Crippen LogP contribution >= 0.6 is 11.8 Å². The Balaban J connectivity index is 1.89. The molecule has 2 aliphatic heterocycles. The fourth-order valence-electron chi connectivity index (χ4n) is 2.38. The van der Waals surface area contributed by atoms with Crippen LogP contribution in [0.2, 0.25) is 0 Å². The number of nitrogens with zero attached hydrogens (tertiary/aromatic N) is 1. The number of nitrogens with two attached hydrogens (primary N) is 1. The lowest BCUT2D eigenvalue weighted by molar-refractivity contribution is -0.123. The average Bonchev–Trinajstić information content (AvgIpc) is 2.71. The molecule has 0 aromatic carbocycles. The smallest absolute Gasteiger partial charge is 0.221 e. The zero-order valence-electron chi connectivity index (χ0n) is 8.45. The Labute approximate surface area is 89.4 Å². The van der Waals surface area contributed by atoms with Crippen molar-refractivity contribution in [2.75, 3.05) is 24.6 Å². The molecule has 4 heteroatoms. The second-order valence-electron chi connectivity index (χ2n) is 4.25. The largest absolute Gasteiger partial charge is 0.369 e. The number of likely N-dealkylation sites (tertiary alicyclic amines) is 1. The highest BCUT2D eigenvalue weighted by Crippen LogP contribution is 2.26. The van der Waals surface area contributed by atoms with E-state index >= 15 is 0 Å². The van der Waals surface area contributed by atoms with E-state index in [0.29, 0.717) is 6.04 Å². The molecule has 14 heavy (non-hydrogen) atoms. The molecular formula is C10H18N2OS. The normalized spacial score (nSPS) is 34.6. The molecule has 0 aliphatic carbocycles. The molecule has 2 saturated heterocycles. The van der Waals surface area contributed by atoms with Crippen LogP contribution in [0.1, 0.15) is 19.3 Å². The summed E-state index contributed by atoms with van der Waals surface area (Å²) in [5.41, 5.74) is 5.36. The van der Waals surface area contributed by atoms with E-state index in [1.165, 1.54) is 17.9 Å². The summed E-state index contributed by atoms with van der Waals surface area (Å²) in [4.78, 5) is 13.6. The molecule has 3 nitrogen and oxygen atoms in total. The van der Waals surface area contributed by atoms with Crippen molar-refractivity contribution in [2.45, 2.75) is 25.3 Å². The summed E-state index contributed by atoms with van der Waals surface area (Å²) < 4.78 is 0. The molecule has 1 amide bonds. The van der Waals surface area contributed by atoms with E-state index in [0.717, 1.165) is 25.9 Å². The van der Waals surface area contributed by atoms with Crippen molar-refractivity contribution in [1.82, 2.24) is 4.90 Å². The molecule has 2 heterocycles. The number of hydrogen-bond acceptors (Lipinski definition) is 3. The van der Waals surface area contributed by atoms with Gasteiger partial charge in [-0.1, -0.05) is 0 Å². The topological polar surface area (TPSA) is 46.3 Å². The van der Waals surface area contributed by atoms with Gasteiger partial charge < -0.3 is 5.73 Å². The minimum Gasteiger partial charge on any atom is -0.369 e. The molecule has 0 bridgehead atoms. The molecule has 2 N–H and O–H groups in total. The van der Waals surface area contributed by atoms with Crippen LogP contribution in [-0.2, 0) is 4.79 Å². The van der Waals surface area contributed by atoms with Crippen LogP contribution in [0.4, 0.5) is 0 Å². The fraction of sp³-hybridized carbons (Fsp3) is 0.900. The SMILES string of the molecule is NC(=O)[C@@H]1CCCN([C@H]2CCSC2)C1. The first-order valence-corrected chi connectivity index (χ1v) is 6.54. The zero-order chi connectivity index (χ0) is 9.97. The minimum absolute atomic E-state index is 0.106. The van der Waals surface area contributed by atoms with E-state index in [-0.39, 0.29) is 11.8 Å². The van der Waals surface area contributed by atoms with Gasteiger partial charge >= 0.3 is 0 Å². The Morgan fingerprint density at radius 1 is 1.43 bits per heavy atom. The predicted molar refractivity (Wildman–Crippen MR) is 59.2 cm³/mol. The molecule has 2 fully saturated rings. The Kier molecular flexibility index (Phi) is 3.34. The van der Waals surface area contributed by atoms with Crippen LogP contribution in [0.5, 0.6) is 0 Å². The van der Waals surface area contributed by atoms with Crippen LogP contribution in [0.25, 0.3) is 0 Å². The Hall–Kier alpha value is -0.220. The van der Waals surface area contributed by atoms with Crippen molar-refractivity contribution in [2.24, 2.45) is 11.7 Å². The van der Waals surface area contributed by atoms with E-state index in [9.17, 15) is 4.79 Å². The van der Waals surface area contributed by atoms with Gasteiger partial charge in [0.25, 0.3) is 0 Å². The molecule has 0 saturated carbocycles. The third-order valence-electron chi connectivity index (χ3n) is 3.28. The van der Waals surface area contributed by atoms with Gasteiger partial charge in [0.2, 0.25) is 5.91 Å². The Morgan fingerprint density at radius 3 is 2.93 bits per heavy atom. The van der Waals surface area contributed by atoms with Crippen LogP contribution in [0, 0.1) is 5.92 Å². The molecule has 2 aliphatic rings. The molecule has 0 spiro atoms. The third kappa shape index (κ3) is 2.23. The first-order valence-electron chi connectivity index (χ1n) is 5.38. The van der Waals surface area contributed by atoms with Crippen molar-refractivity contribution in [3.8, 4) is 0 Å².